The molecule has 0 aliphatic heterocycles. The Morgan fingerprint density at radius 2 is 2.15 bits per heavy atom. The van der Waals surface area contributed by atoms with Gasteiger partial charge in [0.05, 0.1) is 6.10 Å². The Morgan fingerprint density at radius 1 is 1.62 bits per heavy atom. The zero-order chi connectivity index (χ0) is 10.4. The molecule has 0 saturated carbocycles. The van der Waals surface area contributed by atoms with Gasteiger partial charge < -0.3 is 9.84 Å². The minimum absolute atomic E-state index is 0.156. The van der Waals surface area contributed by atoms with Crippen LogP contribution in [0.1, 0.15) is 27.2 Å². The first kappa shape index (κ1) is 12.2. The van der Waals surface area contributed by atoms with E-state index >= 15 is 0 Å². The first-order valence-electron chi connectivity index (χ1n) is 4.54. The molecule has 0 fully saturated rings. The van der Waals surface area contributed by atoms with Gasteiger partial charge in [0.25, 0.3) is 0 Å². The van der Waals surface area contributed by atoms with Crippen molar-refractivity contribution in [2.45, 2.75) is 39.4 Å². The molecule has 3 unspecified atom stereocenters. The number of esters is 1. The number of hydrogen-bond donors (Lipinski definition) is 1. The molecule has 13 heavy (non-hydrogen) atoms. The van der Waals surface area contributed by atoms with Gasteiger partial charge in [-0.25, -0.2) is 4.79 Å². The van der Waals surface area contributed by atoms with E-state index in [0.717, 1.165) is 12.5 Å². The standard InChI is InChI=1S/C10H18O3/c1-5-7(3)10(8(4)11)13-9(12)6-2/h6-8,10-11H,2,5H2,1,3-4H3. The molecule has 0 heterocycles. The minimum Gasteiger partial charge on any atom is -0.456 e. The molecule has 0 aromatic carbocycles. The van der Waals surface area contributed by atoms with Crippen LogP contribution in [-0.2, 0) is 9.53 Å². The zero-order valence-electron chi connectivity index (χ0n) is 8.49. The fraction of sp³-hybridized carbons (Fsp3) is 0.700. The van der Waals surface area contributed by atoms with Crippen molar-refractivity contribution in [3.8, 4) is 0 Å². The van der Waals surface area contributed by atoms with Gasteiger partial charge in [-0.05, 0) is 19.3 Å². The molecule has 0 bridgehead atoms. The van der Waals surface area contributed by atoms with Crippen molar-refractivity contribution in [2.75, 3.05) is 0 Å². The van der Waals surface area contributed by atoms with Crippen molar-refractivity contribution in [1.29, 1.82) is 0 Å². The molecule has 3 heteroatoms. The van der Waals surface area contributed by atoms with Crippen LogP contribution in [0.3, 0.4) is 0 Å². The van der Waals surface area contributed by atoms with Crippen molar-refractivity contribution < 1.29 is 14.6 Å². The SMILES string of the molecule is C=CC(=O)OC(C(C)O)C(C)CC. The normalized spacial score (nSPS) is 17.2. The van der Waals surface area contributed by atoms with E-state index in [4.69, 9.17) is 4.74 Å². The zero-order valence-corrected chi connectivity index (χ0v) is 8.49. The highest BCUT2D eigenvalue weighted by Crippen LogP contribution is 2.15. The number of aliphatic hydroxyl groups excluding tert-OH is 1. The van der Waals surface area contributed by atoms with Gasteiger partial charge in [-0.2, -0.15) is 0 Å². The molecule has 3 atom stereocenters. The van der Waals surface area contributed by atoms with E-state index in [-0.39, 0.29) is 5.92 Å². The molecule has 0 aromatic heterocycles. The first-order chi connectivity index (χ1) is 6.02. The molecule has 0 aliphatic carbocycles. The van der Waals surface area contributed by atoms with E-state index in [0.29, 0.717) is 0 Å². The molecule has 3 nitrogen and oxygen atoms in total. The number of aliphatic hydroxyl groups is 1. The number of hydrogen-bond acceptors (Lipinski definition) is 3. The lowest BCUT2D eigenvalue weighted by Crippen LogP contribution is -2.34. The molecule has 0 amide bonds. The maximum Gasteiger partial charge on any atom is 0.330 e. The smallest absolute Gasteiger partial charge is 0.330 e. The van der Waals surface area contributed by atoms with E-state index in [1.807, 2.05) is 13.8 Å². The topological polar surface area (TPSA) is 46.5 Å². The molecule has 0 spiro atoms. The van der Waals surface area contributed by atoms with Crippen molar-refractivity contribution in [3.05, 3.63) is 12.7 Å². The molecule has 0 radical (unpaired) electrons. The third kappa shape index (κ3) is 4.08. The number of rotatable bonds is 5. The molecule has 0 rings (SSSR count). The van der Waals surface area contributed by atoms with Gasteiger partial charge >= 0.3 is 5.97 Å². The van der Waals surface area contributed by atoms with Crippen molar-refractivity contribution in [2.24, 2.45) is 5.92 Å². The lowest BCUT2D eigenvalue weighted by Gasteiger charge is -2.24. The van der Waals surface area contributed by atoms with Crippen LogP contribution >= 0.6 is 0 Å². The van der Waals surface area contributed by atoms with Crippen LogP contribution in [0.25, 0.3) is 0 Å². The summed E-state index contributed by atoms with van der Waals surface area (Å²) < 4.78 is 5.01. The predicted octanol–water partition coefficient (Wildman–Crippen LogP) is 1.51. The van der Waals surface area contributed by atoms with Crippen LogP contribution in [0.5, 0.6) is 0 Å². The highest BCUT2D eigenvalue weighted by Gasteiger charge is 2.23. The monoisotopic (exact) mass is 186 g/mol. The summed E-state index contributed by atoms with van der Waals surface area (Å²) in [5.41, 5.74) is 0. The summed E-state index contributed by atoms with van der Waals surface area (Å²) >= 11 is 0. The summed E-state index contributed by atoms with van der Waals surface area (Å²) in [5.74, 6) is -0.324. The van der Waals surface area contributed by atoms with Gasteiger partial charge in [-0.3, -0.25) is 0 Å². The van der Waals surface area contributed by atoms with E-state index in [1.54, 1.807) is 6.92 Å². The Hall–Kier alpha value is -0.830. The Bertz CT molecular complexity index is 175. The van der Waals surface area contributed by atoms with Crippen LogP contribution in [-0.4, -0.2) is 23.3 Å². The largest absolute Gasteiger partial charge is 0.456 e. The van der Waals surface area contributed by atoms with Crippen molar-refractivity contribution in [3.63, 3.8) is 0 Å². The first-order valence-corrected chi connectivity index (χ1v) is 4.54. The molecule has 0 saturated heterocycles. The van der Waals surface area contributed by atoms with Crippen LogP contribution in [0, 0.1) is 5.92 Å². The van der Waals surface area contributed by atoms with Gasteiger partial charge in [0.15, 0.2) is 0 Å². The van der Waals surface area contributed by atoms with E-state index < -0.39 is 18.2 Å². The van der Waals surface area contributed by atoms with Gasteiger partial charge in [0, 0.05) is 6.08 Å². The lowest BCUT2D eigenvalue weighted by molar-refractivity contribution is -0.152. The summed E-state index contributed by atoms with van der Waals surface area (Å²) in [6.07, 6.45) is 0.895. The number of carbonyl (C=O) groups excluding carboxylic acids is 1. The van der Waals surface area contributed by atoms with Gasteiger partial charge in [0.1, 0.15) is 6.10 Å². The average Bonchev–Trinajstić information content (AvgIpc) is 2.11. The summed E-state index contributed by atoms with van der Waals surface area (Å²) in [7, 11) is 0. The second-order valence-corrected chi connectivity index (χ2v) is 3.23. The Morgan fingerprint density at radius 3 is 2.46 bits per heavy atom. The molecule has 1 N–H and O–H groups in total. The maximum atomic E-state index is 10.9. The fourth-order valence-corrected chi connectivity index (χ4v) is 1.10. The lowest BCUT2D eigenvalue weighted by atomic mass is 9.98. The highest BCUT2D eigenvalue weighted by molar-refractivity contribution is 5.81. The minimum atomic E-state index is -0.640. The quantitative estimate of drug-likeness (QED) is 0.523. The number of carbonyl (C=O) groups is 1. The van der Waals surface area contributed by atoms with Gasteiger partial charge in [-0.1, -0.05) is 20.4 Å². The third-order valence-corrected chi connectivity index (χ3v) is 2.10. The van der Waals surface area contributed by atoms with E-state index in [2.05, 4.69) is 6.58 Å². The summed E-state index contributed by atoms with van der Waals surface area (Å²) in [4.78, 5) is 10.9. The van der Waals surface area contributed by atoms with Crippen LogP contribution in [0.15, 0.2) is 12.7 Å². The Balaban J connectivity index is 4.25. The Kier molecular flexibility index (Phi) is 5.39. The van der Waals surface area contributed by atoms with Crippen molar-refractivity contribution >= 4 is 5.97 Å². The molecule has 0 aliphatic rings. The fourth-order valence-electron chi connectivity index (χ4n) is 1.10. The maximum absolute atomic E-state index is 10.9. The van der Waals surface area contributed by atoms with Crippen LogP contribution in [0.4, 0.5) is 0 Å². The Labute approximate surface area is 79.4 Å². The van der Waals surface area contributed by atoms with Crippen LogP contribution < -0.4 is 0 Å². The second-order valence-electron chi connectivity index (χ2n) is 3.23. The predicted molar refractivity (Wildman–Crippen MR) is 51.2 cm³/mol. The number of ether oxygens (including phenoxy) is 1. The second kappa shape index (κ2) is 5.75. The highest BCUT2D eigenvalue weighted by atomic mass is 16.6. The molecular formula is C10H18O3. The summed E-state index contributed by atoms with van der Waals surface area (Å²) in [6.45, 7) is 8.85. The van der Waals surface area contributed by atoms with E-state index in [1.165, 1.54) is 0 Å². The van der Waals surface area contributed by atoms with Gasteiger partial charge in [-0.15, -0.1) is 0 Å². The summed E-state index contributed by atoms with van der Waals surface area (Å²) in [6, 6.07) is 0. The molecular weight excluding hydrogens is 168 g/mol. The third-order valence-electron chi connectivity index (χ3n) is 2.10. The van der Waals surface area contributed by atoms with Crippen molar-refractivity contribution in [1.82, 2.24) is 0 Å². The summed E-state index contributed by atoms with van der Waals surface area (Å²) in [5, 5.41) is 9.35. The van der Waals surface area contributed by atoms with Gasteiger partial charge in [0.2, 0.25) is 0 Å². The molecule has 76 valence electrons. The van der Waals surface area contributed by atoms with Crippen LogP contribution in [0.2, 0.25) is 0 Å². The average molecular weight is 186 g/mol. The van der Waals surface area contributed by atoms with E-state index in [9.17, 15) is 9.90 Å². The molecule has 0 aromatic rings.